The molecule has 0 atom stereocenters. The average Bonchev–Trinajstić information content (AvgIpc) is 2.41. The third-order valence-electron chi connectivity index (χ3n) is 0.729. The quantitative estimate of drug-likeness (QED) is 0.504. The van der Waals surface area contributed by atoms with E-state index in [-0.39, 0.29) is 16.7 Å². The van der Waals surface area contributed by atoms with E-state index in [2.05, 4.69) is 12.8 Å². The van der Waals surface area contributed by atoms with Crippen molar-refractivity contribution in [1.82, 2.24) is 0 Å². The van der Waals surface area contributed by atoms with Gasteiger partial charge in [-0.3, -0.25) is 0 Å². The van der Waals surface area contributed by atoms with Crippen LogP contribution in [0.25, 0.3) is 0 Å². The maximum Gasteiger partial charge on any atom is 0.446 e. The summed E-state index contributed by atoms with van der Waals surface area (Å²) in [7, 11) is 0. The van der Waals surface area contributed by atoms with Crippen LogP contribution in [-0.2, 0) is 0 Å². The van der Waals surface area contributed by atoms with Crippen LogP contribution in [0.1, 0.15) is 0 Å². The Morgan fingerprint density at radius 3 is 2.25 bits per heavy atom. The molecule has 1 rings (SSSR count). The largest absolute Gasteiger partial charge is 0.446 e. The van der Waals surface area contributed by atoms with Crippen LogP contribution in [-0.4, -0.2) is 5.51 Å². The maximum atomic E-state index is 11.6. The lowest BCUT2D eigenvalue weighted by Crippen LogP contribution is -1.97. The first-order valence-corrected chi connectivity index (χ1v) is 4.45. The molecule has 0 N–H and O–H groups in total. The van der Waals surface area contributed by atoms with Crippen molar-refractivity contribution in [3.8, 4) is 12.8 Å². The molecule has 66 valence electrons. The summed E-state index contributed by atoms with van der Waals surface area (Å²) < 4.78 is 34.8. The second-order valence-corrected chi connectivity index (χ2v) is 3.43. The van der Waals surface area contributed by atoms with Gasteiger partial charge in [-0.1, -0.05) is 0 Å². The highest BCUT2D eigenvalue weighted by Crippen LogP contribution is 2.37. The number of rotatable bonds is 1. The molecule has 0 saturated heterocycles. The molecular formula is C7H5F3S2. The monoisotopic (exact) mass is 210 g/mol. The number of halogens is 3. The van der Waals surface area contributed by atoms with Crippen LogP contribution in [0.15, 0.2) is 21.7 Å². The minimum Gasteiger partial charge on any atom is -0.160 e. The first kappa shape index (κ1) is 11.4. The zero-order chi connectivity index (χ0) is 9.61. The molecule has 0 aromatic carbocycles. The molecule has 0 fully saturated rings. The molecule has 0 saturated carbocycles. The van der Waals surface area contributed by atoms with Gasteiger partial charge >= 0.3 is 5.51 Å². The average molecular weight is 210 g/mol. The maximum absolute atomic E-state index is 11.6. The third-order valence-corrected chi connectivity index (χ3v) is 2.28. The fourth-order valence-corrected chi connectivity index (χ4v) is 1.81. The van der Waals surface area contributed by atoms with Crippen molar-refractivity contribution in [2.24, 2.45) is 0 Å². The lowest BCUT2D eigenvalue weighted by molar-refractivity contribution is -0.0327. The summed E-state index contributed by atoms with van der Waals surface area (Å²) in [6.07, 6.45) is 8.00. The molecule has 12 heavy (non-hydrogen) atoms. The van der Waals surface area contributed by atoms with Crippen LogP contribution in [0.5, 0.6) is 0 Å². The third kappa shape index (κ3) is 5.10. The summed E-state index contributed by atoms with van der Waals surface area (Å²) in [6, 6.07) is 1.45. The van der Waals surface area contributed by atoms with Gasteiger partial charge in [0.15, 0.2) is 0 Å². The van der Waals surface area contributed by atoms with Crippen molar-refractivity contribution in [1.29, 1.82) is 0 Å². The summed E-state index contributed by atoms with van der Waals surface area (Å²) in [4.78, 5) is 0.262. The zero-order valence-corrected chi connectivity index (χ0v) is 7.47. The summed E-state index contributed by atoms with van der Waals surface area (Å²) in [6.45, 7) is 0. The van der Waals surface area contributed by atoms with Crippen molar-refractivity contribution in [3.63, 3.8) is 0 Å². The number of alkyl halides is 3. The first-order valence-electron chi connectivity index (χ1n) is 2.69. The van der Waals surface area contributed by atoms with Gasteiger partial charge in [-0.05, 0) is 23.2 Å². The Balaban J connectivity index is 0.000000561. The molecule has 0 aliphatic heterocycles. The molecule has 0 bridgehead atoms. The SMILES string of the molecule is C#C.FC(F)(F)Sc1ccsc1. The molecule has 0 aliphatic rings. The van der Waals surface area contributed by atoms with Gasteiger partial charge < -0.3 is 0 Å². The first-order chi connectivity index (χ1) is 5.58. The van der Waals surface area contributed by atoms with E-state index in [0.29, 0.717) is 0 Å². The minimum absolute atomic E-state index is 0.0822. The van der Waals surface area contributed by atoms with Gasteiger partial charge in [0, 0.05) is 10.3 Å². The van der Waals surface area contributed by atoms with E-state index in [1.807, 2.05) is 0 Å². The van der Waals surface area contributed by atoms with E-state index in [9.17, 15) is 13.2 Å². The van der Waals surface area contributed by atoms with Crippen molar-refractivity contribution in [3.05, 3.63) is 16.8 Å². The normalized spacial score (nSPS) is 10.1. The van der Waals surface area contributed by atoms with Crippen LogP contribution < -0.4 is 0 Å². The summed E-state index contributed by atoms with van der Waals surface area (Å²) in [5.74, 6) is 0. The molecule has 0 aliphatic carbocycles. The highest BCUT2D eigenvalue weighted by molar-refractivity contribution is 8.00. The van der Waals surface area contributed by atoms with E-state index < -0.39 is 5.51 Å². The van der Waals surface area contributed by atoms with Gasteiger partial charge in [0.25, 0.3) is 0 Å². The zero-order valence-electron chi connectivity index (χ0n) is 5.84. The molecule has 0 nitrogen and oxygen atoms in total. The van der Waals surface area contributed by atoms with Gasteiger partial charge in [-0.25, -0.2) is 0 Å². The van der Waals surface area contributed by atoms with Gasteiger partial charge in [0.1, 0.15) is 0 Å². The second-order valence-electron chi connectivity index (χ2n) is 1.51. The topological polar surface area (TPSA) is 0 Å². The Morgan fingerprint density at radius 2 is 1.92 bits per heavy atom. The van der Waals surface area contributed by atoms with Crippen molar-refractivity contribution in [2.45, 2.75) is 10.4 Å². The molecule has 0 amide bonds. The number of thioether (sulfide) groups is 1. The van der Waals surface area contributed by atoms with Gasteiger partial charge in [-0.15, -0.1) is 12.8 Å². The van der Waals surface area contributed by atoms with Crippen molar-refractivity contribution < 1.29 is 13.2 Å². The Morgan fingerprint density at radius 1 is 1.33 bits per heavy atom. The number of hydrogen-bond donors (Lipinski definition) is 0. The van der Waals surface area contributed by atoms with E-state index in [0.717, 1.165) is 0 Å². The smallest absolute Gasteiger partial charge is 0.160 e. The molecule has 1 aromatic rings. The van der Waals surface area contributed by atoms with E-state index in [4.69, 9.17) is 0 Å². The van der Waals surface area contributed by atoms with Gasteiger partial charge in [0.05, 0.1) is 0 Å². The fourth-order valence-electron chi connectivity index (χ4n) is 0.444. The van der Waals surface area contributed by atoms with Crippen LogP contribution in [0, 0.1) is 12.8 Å². The Labute approximate surface area is 76.8 Å². The van der Waals surface area contributed by atoms with Crippen LogP contribution >= 0.6 is 23.1 Å². The minimum atomic E-state index is -4.15. The predicted molar refractivity (Wildman–Crippen MR) is 46.1 cm³/mol. The molecule has 0 spiro atoms. The van der Waals surface area contributed by atoms with E-state index in [1.165, 1.54) is 22.8 Å². The Bertz CT molecular complexity index is 223. The summed E-state index contributed by atoms with van der Waals surface area (Å²) in [5.41, 5.74) is -4.15. The molecule has 1 heterocycles. The van der Waals surface area contributed by atoms with Crippen LogP contribution in [0.2, 0.25) is 0 Å². The predicted octanol–water partition coefficient (Wildman–Crippen LogP) is 3.61. The lowest BCUT2D eigenvalue weighted by atomic mass is 10.7. The molecule has 1 aromatic heterocycles. The Kier molecular flexibility index (Phi) is 4.86. The summed E-state index contributed by atoms with van der Waals surface area (Å²) in [5, 5.41) is 3.09. The molecule has 5 heteroatoms. The molecule has 0 unspecified atom stereocenters. The fraction of sp³-hybridized carbons (Fsp3) is 0.143. The van der Waals surface area contributed by atoms with Crippen molar-refractivity contribution >= 4 is 23.1 Å². The van der Waals surface area contributed by atoms with E-state index >= 15 is 0 Å². The molecular weight excluding hydrogens is 205 g/mol. The van der Waals surface area contributed by atoms with Gasteiger partial charge in [0.2, 0.25) is 0 Å². The Hall–Kier alpha value is -0.600. The molecule has 0 radical (unpaired) electrons. The number of hydrogen-bond acceptors (Lipinski definition) is 2. The van der Waals surface area contributed by atoms with Gasteiger partial charge in [-0.2, -0.15) is 24.5 Å². The highest BCUT2D eigenvalue weighted by Gasteiger charge is 2.29. The van der Waals surface area contributed by atoms with Crippen molar-refractivity contribution in [2.75, 3.05) is 0 Å². The lowest BCUT2D eigenvalue weighted by Gasteiger charge is -2.01. The standard InChI is InChI=1S/C5H3F3S2.C2H2/c6-5(7,8)10-4-1-2-9-3-4;1-2/h1-3H;1-2H. The second kappa shape index (κ2) is 5.12. The van der Waals surface area contributed by atoms with E-state index in [1.54, 1.807) is 5.38 Å². The summed E-state index contributed by atoms with van der Waals surface area (Å²) >= 11 is 1.18. The van der Waals surface area contributed by atoms with Crippen LogP contribution in [0.3, 0.4) is 0 Å². The number of terminal acetylenes is 1. The van der Waals surface area contributed by atoms with Crippen LogP contribution in [0.4, 0.5) is 13.2 Å². The highest BCUT2D eigenvalue weighted by atomic mass is 32.2. The number of thiophene rings is 1.